The van der Waals surface area contributed by atoms with E-state index in [1.165, 1.54) is 5.56 Å². The number of ether oxygens (including phenoxy) is 1. The highest BCUT2D eigenvalue weighted by Crippen LogP contribution is 2.25. The average molecular weight is 441 g/mol. The number of urea groups is 1. The van der Waals surface area contributed by atoms with Crippen LogP contribution in [0.2, 0.25) is 10.0 Å². The Balaban J connectivity index is 1.32. The number of halogens is 2. The summed E-state index contributed by atoms with van der Waals surface area (Å²) in [6, 6.07) is 17.6. The third-order valence-electron chi connectivity index (χ3n) is 4.35. The Kier molecular flexibility index (Phi) is 5.79. The molecule has 30 heavy (non-hydrogen) atoms. The summed E-state index contributed by atoms with van der Waals surface area (Å²) in [4.78, 5) is 19.9. The molecule has 2 amide bonds. The van der Waals surface area contributed by atoms with Crippen LogP contribution in [0.1, 0.15) is 11.4 Å². The van der Waals surface area contributed by atoms with Crippen LogP contribution in [0.4, 0.5) is 16.2 Å². The first-order chi connectivity index (χ1) is 14.5. The molecule has 1 heterocycles. The van der Waals surface area contributed by atoms with Gasteiger partial charge in [-0.25, -0.2) is 9.78 Å². The third-order valence-corrected chi connectivity index (χ3v) is 5.09. The molecule has 0 atom stereocenters. The van der Waals surface area contributed by atoms with E-state index in [9.17, 15) is 4.79 Å². The van der Waals surface area contributed by atoms with E-state index in [4.69, 9.17) is 27.9 Å². The van der Waals surface area contributed by atoms with Gasteiger partial charge in [-0.1, -0.05) is 29.3 Å². The number of nitrogens with one attached hydrogen (secondary N) is 3. The Morgan fingerprint density at radius 1 is 0.967 bits per heavy atom. The van der Waals surface area contributed by atoms with Crippen molar-refractivity contribution in [3.05, 3.63) is 82.1 Å². The van der Waals surface area contributed by atoms with Gasteiger partial charge in [-0.15, -0.1) is 0 Å². The number of amides is 2. The monoisotopic (exact) mass is 440 g/mol. The summed E-state index contributed by atoms with van der Waals surface area (Å²) in [5.74, 6) is 1.42. The maximum atomic E-state index is 12.1. The van der Waals surface area contributed by atoms with Gasteiger partial charge < -0.3 is 20.4 Å². The predicted octanol–water partition coefficient (Wildman–Crippen LogP) is 6.40. The summed E-state index contributed by atoms with van der Waals surface area (Å²) in [6.45, 7) is 2.36. The molecule has 0 aliphatic rings. The predicted molar refractivity (Wildman–Crippen MR) is 121 cm³/mol. The van der Waals surface area contributed by atoms with Crippen molar-refractivity contribution in [2.75, 3.05) is 10.6 Å². The van der Waals surface area contributed by atoms with E-state index < -0.39 is 0 Å². The van der Waals surface area contributed by atoms with E-state index in [1.807, 2.05) is 19.1 Å². The molecule has 8 heteroatoms. The first-order valence-corrected chi connectivity index (χ1v) is 9.93. The minimum Gasteiger partial charge on any atom is -0.486 e. The van der Waals surface area contributed by atoms with Gasteiger partial charge >= 0.3 is 6.03 Å². The first-order valence-electron chi connectivity index (χ1n) is 9.17. The largest absolute Gasteiger partial charge is 0.486 e. The Labute approximate surface area is 183 Å². The van der Waals surface area contributed by atoms with Crippen molar-refractivity contribution in [1.82, 2.24) is 9.97 Å². The van der Waals surface area contributed by atoms with E-state index in [0.717, 1.165) is 16.9 Å². The van der Waals surface area contributed by atoms with E-state index in [0.29, 0.717) is 33.8 Å². The molecule has 6 nitrogen and oxygen atoms in total. The highest BCUT2D eigenvalue weighted by Gasteiger charge is 2.07. The van der Waals surface area contributed by atoms with E-state index in [1.54, 1.807) is 42.5 Å². The third kappa shape index (κ3) is 4.84. The molecule has 0 unspecified atom stereocenters. The lowest BCUT2D eigenvalue weighted by Crippen LogP contribution is -2.19. The number of anilines is 2. The highest BCUT2D eigenvalue weighted by atomic mass is 35.5. The molecular formula is C22H18Cl2N4O2. The van der Waals surface area contributed by atoms with Crippen LogP contribution in [0.3, 0.4) is 0 Å². The maximum absolute atomic E-state index is 12.1. The second-order valence-electron chi connectivity index (χ2n) is 6.73. The number of aromatic amines is 1. The summed E-state index contributed by atoms with van der Waals surface area (Å²) in [6.07, 6.45) is 0. The molecule has 3 aromatic carbocycles. The van der Waals surface area contributed by atoms with Crippen LogP contribution in [0.15, 0.2) is 60.7 Å². The first kappa shape index (κ1) is 20.1. The Morgan fingerprint density at radius 3 is 2.47 bits per heavy atom. The summed E-state index contributed by atoms with van der Waals surface area (Å²) in [7, 11) is 0. The summed E-state index contributed by atoms with van der Waals surface area (Å²) < 4.78 is 5.78. The molecule has 0 saturated heterocycles. The zero-order valence-electron chi connectivity index (χ0n) is 16.0. The van der Waals surface area contributed by atoms with Gasteiger partial charge in [-0.3, -0.25) is 0 Å². The quantitative estimate of drug-likeness (QED) is 0.335. The fraction of sp³-hybridized carbons (Fsp3) is 0.0909. The van der Waals surface area contributed by atoms with Crippen LogP contribution >= 0.6 is 23.2 Å². The zero-order valence-corrected chi connectivity index (χ0v) is 17.5. The lowest BCUT2D eigenvalue weighted by molar-refractivity contribution is 0.262. The van der Waals surface area contributed by atoms with Crippen LogP contribution in [-0.2, 0) is 6.61 Å². The number of imidazole rings is 1. The van der Waals surface area contributed by atoms with Gasteiger partial charge in [0.2, 0.25) is 0 Å². The Hall–Kier alpha value is -3.22. The van der Waals surface area contributed by atoms with Crippen molar-refractivity contribution in [2.45, 2.75) is 13.5 Å². The number of fused-ring (bicyclic) bond motifs is 1. The molecule has 4 aromatic rings. The molecule has 0 aliphatic heterocycles. The number of nitrogens with zero attached hydrogens (tertiary/aromatic N) is 1. The second kappa shape index (κ2) is 8.65. The lowest BCUT2D eigenvalue weighted by atomic mass is 10.2. The Bertz CT molecular complexity index is 1210. The fourth-order valence-corrected chi connectivity index (χ4v) is 3.20. The normalized spacial score (nSPS) is 10.8. The zero-order chi connectivity index (χ0) is 21.1. The van der Waals surface area contributed by atoms with Gasteiger partial charge in [0.05, 0.1) is 21.1 Å². The molecule has 4 rings (SSSR count). The molecule has 152 valence electrons. The average Bonchev–Trinajstić information content (AvgIpc) is 3.12. The number of hydrogen-bond donors (Lipinski definition) is 3. The highest BCUT2D eigenvalue weighted by molar-refractivity contribution is 6.42. The van der Waals surface area contributed by atoms with Crippen LogP contribution in [0.5, 0.6) is 5.75 Å². The SMILES string of the molecule is Cc1ccc2nc(COc3ccc(NC(=O)Nc4ccc(Cl)c(Cl)c4)cc3)[nH]c2c1. The molecule has 0 radical (unpaired) electrons. The van der Waals surface area contributed by atoms with Crippen LogP contribution in [-0.4, -0.2) is 16.0 Å². The number of hydrogen-bond acceptors (Lipinski definition) is 3. The Morgan fingerprint density at radius 2 is 1.70 bits per heavy atom. The topological polar surface area (TPSA) is 79.0 Å². The minimum absolute atomic E-state index is 0.318. The van der Waals surface area contributed by atoms with Crippen molar-refractivity contribution in [3.8, 4) is 5.75 Å². The number of aryl methyl sites for hydroxylation is 1. The molecular weight excluding hydrogens is 423 g/mol. The number of rotatable bonds is 5. The number of benzene rings is 3. The van der Waals surface area contributed by atoms with Crippen molar-refractivity contribution >= 4 is 51.6 Å². The molecule has 0 fully saturated rings. The van der Waals surface area contributed by atoms with Gasteiger partial charge in [0.15, 0.2) is 0 Å². The molecule has 0 aliphatic carbocycles. The number of H-pyrrole nitrogens is 1. The molecule has 0 spiro atoms. The molecule has 0 saturated carbocycles. The van der Waals surface area contributed by atoms with Crippen molar-refractivity contribution < 1.29 is 9.53 Å². The summed E-state index contributed by atoms with van der Waals surface area (Å²) in [5.41, 5.74) is 4.24. The van der Waals surface area contributed by atoms with E-state index >= 15 is 0 Å². The van der Waals surface area contributed by atoms with Gasteiger partial charge in [0, 0.05) is 11.4 Å². The molecule has 3 N–H and O–H groups in total. The van der Waals surface area contributed by atoms with E-state index in [-0.39, 0.29) is 6.03 Å². The summed E-state index contributed by atoms with van der Waals surface area (Å²) >= 11 is 11.8. The van der Waals surface area contributed by atoms with Crippen LogP contribution in [0, 0.1) is 6.92 Å². The molecule has 0 bridgehead atoms. The van der Waals surface area contributed by atoms with Gasteiger partial charge in [-0.05, 0) is 67.1 Å². The van der Waals surface area contributed by atoms with Crippen molar-refractivity contribution in [1.29, 1.82) is 0 Å². The number of aromatic nitrogens is 2. The van der Waals surface area contributed by atoms with Crippen molar-refractivity contribution in [3.63, 3.8) is 0 Å². The van der Waals surface area contributed by atoms with Gasteiger partial charge in [0.1, 0.15) is 18.2 Å². The minimum atomic E-state index is -0.389. The van der Waals surface area contributed by atoms with Gasteiger partial charge in [0.25, 0.3) is 0 Å². The number of carbonyl (C=O) groups excluding carboxylic acids is 1. The maximum Gasteiger partial charge on any atom is 0.323 e. The summed E-state index contributed by atoms with van der Waals surface area (Å²) in [5, 5.41) is 6.25. The standard InChI is InChI=1S/C22H18Cl2N4O2/c1-13-2-9-19-20(10-13)28-21(27-19)12-30-16-6-3-14(4-7-16)25-22(29)26-15-5-8-17(23)18(24)11-15/h2-11H,12H2,1H3,(H,27,28)(H2,25,26,29). The second-order valence-corrected chi connectivity index (χ2v) is 7.54. The van der Waals surface area contributed by atoms with Gasteiger partial charge in [-0.2, -0.15) is 0 Å². The smallest absolute Gasteiger partial charge is 0.323 e. The molecule has 1 aromatic heterocycles. The number of carbonyl (C=O) groups is 1. The van der Waals surface area contributed by atoms with E-state index in [2.05, 4.69) is 26.7 Å². The lowest BCUT2D eigenvalue weighted by Gasteiger charge is -2.09. The fourth-order valence-electron chi connectivity index (χ4n) is 2.90. The van der Waals surface area contributed by atoms with Crippen LogP contribution < -0.4 is 15.4 Å². The van der Waals surface area contributed by atoms with Crippen LogP contribution in [0.25, 0.3) is 11.0 Å². The van der Waals surface area contributed by atoms with Crippen molar-refractivity contribution in [2.24, 2.45) is 0 Å².